The smallest absolute Gasteiger partial charge is 0.242 e. The summed E-state index contributed by atoms with van der Waals surface area (Å²) in [4.78, 5) is 10.3. The molecule has 0 radical (unpaired) electrons. The Morgan fingerprint density at radius 3 is 2.72 bits per heavy atom. The molecule has 2 N–H and O–H groups in total. The molecule has 0 unspecified atom stereocenters. The fourth-order valence-electron chi connectivity index (χ4n) is 1.52. The van der Waals surface area contributed by atoms with E-state index in [1.807, 2.05) is 43.3 Å². The van der Waals surface area contributed by atoms with Gasteiger partial charge < -0.3 is 15.4 Å². The maximum absolute atomic E-state index is 5.71. The zero-order chi connectivity index (χ0) is 13.0. The minimum absolute atomic E-state index is 0.302. The predicted molar refractivity (Wildman–Crippen MR) is 70.8 cm³/mol. The van der Waals surface area contributed by atoms with Crippen LogP contribution >= 0.6 is 0 Å². The Balaban J connectivity index is 2.25. The average Bonchev–Trinajstić information content (AvgIpc) is 2.39. The first-order valence-electron chi connectivity index (χ1n) is 5.66. The summed E-state index contributed by atoms with van der Waals surface area (Å²) in [5, 5.41) is 0. The van der Waals surface area contributed by atoms with Gasteiger partial charge in [0.15, 0.2) is 0 Å². The van der Waals surface area contributed by atoms with E-state index < -0.39 is 0 Å². The molecule has 2 aromatic rings. The van der Waals surface area contributed by atoms with E-state index in [-0.39, 0.29) is 0 Å². The number of hydrogen-bond acceptors (Lipinski definition) is 5. The van der Waals surface area contributed by atoms with E-state index in [1.165, 1.54) is 0 Å². The van der Waals surface area contributed by atoms with Crippen molar-refractivity contribution < 1.29 is 4.74 Å². The number of benzene rings is 1. The second-order valence-electron chi connectivity index (χ2n) is 4.01. The van der Waals surface area contributed by atoms with Crippen LogP contribution in [0, 0.1) is 0 Å². The number of rotatable bonds is 4. The maximum Gasteiger partial charge on any atom is 0.242 e. The van der Waals surface area contributed by atoms with Crippen molar-refractivity contribution in [2.75, 3.05) is 19.0 Å². The lowest BCUT2D eigenvalue weighted by atomic mass is 10.3. The summed E-state index contributed by atoms with van der Waals surface area (Å²) in [7, 11) is 3.96. The lowest BCUT2D eigenvalue weighted by Gasteiger charge is -2.14. The number of hydrogen-bond donors (Lipinski definition) is 1. The summed E-state index contributed by atoms with van der Waals surface area (Å²) in [6, 6.07) is 7.76. The molecule has 5 heteroatoms. The summed E-state index contributed by atoms with van der Waals surface area (Å²) < 4.78 is 5.71. The Hall–Kier alpha value is -2.14. The van der Waals surface area contributed by atoms with Crippen molar-refractivity contribution in [3.63, 3.8) is 0 Å². The normalized spacial score (nSPS) is 10.2. The zero-order valence-electron chi connectivity index (χ0n) is 10.5. The van der Waals surface area contributed by atoms with Crippen molar-refractivity contribution in [2.24, 2.45) is 5.73 Å². The largest absolute Gasteiger partial charge is 0.437 e. The number of anilines is 1. The number of ether oxygens (including phenoxy) is 1. The molecule has 2 rings (SSSR count). The van der Waals surface area contributed by atoms with E-state index in [4.69, 9.17) is 10.5 Å². The van der Waals surface area contributed by atoms with Gasteiger partial charge in [0.1, 0.15) is 11.4 Å². The second kappa shape index (κ2) is 5.46. The van der Waals surface area contributed by atoms with Crippen molar-refractivity contribution in [2.45, 2.75) is 6.54 Å². The fraction of sp³-hybridized carbons (Fsp3) is 0.231. The molecule has 0 fully saturated rings. The zero-order valence-corrected chi connectivity index (χ0v) is 10.5. The van der Waals surface area contributed by atoms with Crippen LogP contribution in [0.5, 0.6) is 11.6 Å². The standard InChI is InChI=1S/C13H16N4O/c1-17(2)10-4-3-5-11(8-10)18-13-12(9-14)15-6-7-16-13/h3-8H,9,14H2,1-2H3. The Labute approximate surface area is 106 Å². The highest BCUT2D eigenvalue weighted by atomic mass is 16.5. The van der Waals surface area contributed by atoms with Crippen molar-refractivity contribution in [3.8, 4) is 11.6 Å². The molecule has 1 aromatic heterocycles. The number of nitrogens with zero attached hydrogens (tertiary/aromatic N) is 3. The third-order valence-corrected chi connectivity index (χ3v) is 2.48. The molecular formula is C13H16N4O. The minimum atomic E-state index is 0.302. The van der Waals surface area contributed by atoms with Crippen LogP contribution in [-0.2, 0) is 6.54 Å². The summed E-state index contributed by atoms with van der Waals surface area (Å²) in [5.41, 5.74) is 7.30. The van der Waals surface area contributed by atoms with Gasteiger partial charge in [0.25, 0.3) is 0 Å². The molecule has 0 aliphatic heterocycles. The van der Waals surface area contributed by atoms with Gasteiger partial charge in [0, 0.05) is 44.8 Å². The highest BCUT2D eigenvalue weighted by molar-refractivity contribution is 5.50. The van der Waals surface area contributed by atoms with Crippen LogP contribution in [0.1, 0.15) is 5.69 Å². The van der Waals surface area contributed by atoms with Gasteiger partial charge in [0.2, 0.25) is 5.88 Å². The fourth-order valence-corrected chi connectivity index (χ4v) is 1.52. The van der Waals surface area contributed by atoms with Gasteiger partial charge in [-0.05, 0) is 12.1 Å². The molecule has 0 spiro atoms. The molecule has 0 saturated heterocycles. The number of nitrogens with two attached hydrogens (primary N) is 1. The number of aromatic nitrogens is 2. The molecule has 18 heavy (non-hydrogen) atoms. The van der Waals surface area contributed by atoms with E-state index in [0.29, 0.717) is 18.1 Å². The first kappa shape index (κ1) is 12.3. The maximum atomic E-state index is 5.71. The van der Waals surface area contributed by atoms with E-state index >= 15 is 0 Å². The molecular weight excluding hydrogens is 228 g/mol. The Kier molecular flexibility index (Phi) is 3.74. The molecule has 1 aromatic carbocycles. The molecule has 0 amide bonds. The van der Waals surface area contributed by atoms with Crippen LogP contribution in [0.25, 0.3) is 0 Å². The van der Waals surface area contributed by atoms with E-state index in [0.717, 1.165) is 11.4 Å². The van der Waals surface area contributed by atoms with Gasteiger partial charge in [-0.1, -0.05) is 6.07 Å². The second-order valence-corrected chi connectivity index (χ2v) is 4.01. The van der Waals surface area contributed by atoms with Crippen molar-refractivity contribution in [3.05, 3.63) is 42.4 Å². The van der Waals surface area contributed by atoms with E-state index in [9.17, 15) is 0 Å². The minimum Gasteiger partial charge on any atom is -0.437 e. The van der Waals surface area contributed by atoms with Gasteiger partial charge in [-0.25, -0.2) is 4.98 Å². The molecule has 0 aliphatic rings. The van der Waals surface area contributed by atoms with Crippen molar-refractivity contribution in [1.29, 1.82) is 0 Å². The lowest BCUT2D eigenvalue weighted by Crippen LogP contribution is -2.08. The van der Waals surface area contributed by atoms with Gasteiger partial charge in [-0.2, -0.15) is 0 Å². The quantitative estimate of drug-likeness (QED) is 0.888. The van der Waals surface area contributed by atoms with E-state index in [2.05, 4.69) is 9.97 Å². The van der Waals surface area contributed by atoms with Gasteiger partial charge >= 0.3 is 0 Å². The van der Waals surface area contributed by atoms with Gasteiger partial charge in [-0.15, -0.1) is 0 Å². The molecule has 0 aliphatic carbocycles. The van der Waals surface area contributed by atoms with Gasteiger partial charge in [-0.3, -0.25) is 4.98 Å². The predicted octanol–water partition coefficient (Wildman–Crippen LogP) is 1.79. The van der Waals surface area contributed by atoms with Crippen molar-refractivity contribution in [1.82, 2.24) is 9.97 Å². The van der Waals surface area contributed by atoms with Crippen LogP contribution in [0.3, 0.4) is 0 Å². The SMILES string of the molecule is CN(C)c1cccc(Oc2nccnc2CN)c1. The monoisotopic (exact) mass is 244 g/mol. The van der Waals surface area contributed by atoms with E-state index in [1.54, 1.807) is 12.4 Å². The average molecular weight is 244 g/mol. The van der Waals surface area contributed by atoms with Gasteiger partial charge in [0.05, 0.1) is 0 Å². The highest BCUT2D eigenvalue weighted by Gasteiger charge is 2.06. The Morgan fingerprint density at radius 2 is 2.00 bits per heavy atom. The van der Waals surface area contributed by atoms with Crippen LogP contribution in [0.2, 0.25) is 0 Å². The summed E-state index contributed by atoms with van der Waals surface area (Å²) in [6.45, 7) is 0.302. The molecule has 0 bridgehead atoms. The third kappa shape index (κ3) is 2.75. The Morgan fingerprint density at radius 1 is 1.22 bits per heavy atom. The lowest BCUT2D eigenvalue weighted by molar-refractivity contribution is 0.452. The Bertz CT molecular complexity index is 528. The van der Waals surface area contributed by atoms with Crippen LogP contribution in [0.4, 0.5) is 5.69 Å². The topological polar surface area (TPSA) is 64.3 Å². The van der Waals surface area contributed by atoms with Crippen LogP contribution in [0.15, 0.2) is 36.7 Å². The molecule has 94 valence electrons. The first-order valence-corrected chi connectivity index (χ1v) is 5.66. The third-order valence-electron chi connectivity index (χ3n) is 2.48. The molecule has 5 nitrogen and oxygen atoms in total. The molecule has 0 saturated carbocycles. The summed E-state index contributed by atoms with van der Waals surface area (Å²) in [6.07, 6.45) is 3.19. The van der Waals surface area contributed by atoms with Crippen molar-refractivity contribution >= 4 is 5.69 Å². The first-order chi connectivity index (χ1) is 8.70. The highest BCUT2D eigenvalue weighted by Crippen LogP contribution is 2.25. The molecule has 1 heterocycles. The summed E-state index contributed by atoms with van der Waals surface area (Å²) >= 11 is 0. The molecule has 0 atom stereocenters. The van der Waals surface area contributed by atoms with Crippen LogP contribution < -0.4 is 15.4 Å². The summed E-state index contributed by atoms with van der Waals surface area (Å²) in [5.74, 6) is 1.17. The van der Waals surface area contributed by atoms with Crippen LogP contribution in [-0.4, -0.2) is 24.1 Å².